The summed E-state index contributed by atoms with van der Waals surface area (Å²) in [6.07, 6.45) is 3.52. The van der Waals surface area contributed by atoms with Gasteiger partial charge in [0, 0.05) is 12.2 Å². The summed E-state index contributed by atoms with van der Waals surface area (Å²) < 4.78 is 2.02. The van der Waals surface area contributed by atoms with Crippen molar-refractivity contribution in [1.29, 1.82) is 0 Å². The number of pyridine rings is 1. The maximum atomic E-state index is 4.34. The Morgan fingerprint density at radius 3 is 2.80 bits per heavy atom. The molecule has 0 spiro atoms. The van der Waals surface area contributed by atoms with Crippen LogP contribution in [0.5, 0.6) is 0 Å². The van der Waals surface area contributed by atoms with Crippen LogP contribution in [0.25, 0.3) is 11.5 Å². The first-order valence-corrected chi connectivity index (χ1v) is 5.01. The van der Waals surface area contributed by atoms with Crippen molar-refractivity contribution >= 4 is 0 Å². The minimum absolute atomic E-state index is 0.344. The van der Waals surface area contributed by atoms with E-state index >= 15 is 0 Å². The summed E-state index contributed by atoms with van der Waals surface area (Å²) >= 11 is 0. The smallest absolute Gasteiger partial charge is 0.182 e. The van der Waals surface area contributed by atoms with Gasteiger partial charge in [-0.1, -0.05) is 6.07 Å². The molecule has 0 radical (unpaired) electrons. The van der Waals surface area contributed by atoms with E-state index in [0.717, 1.165) is 17.1 Å². The third kappa shape index (κ3) is 1.75. The Labute approximate surface area is 89.0 Å². The van der Waals surface area contributed by atoms with Gasteiger partial charge in [-0.2, -0.15) is 0 Å². The Bertz CT molecular complexity index is 459. The highest BCUT2D eigenvalue weighted by Crippen LogP contribution is 2.20. The van der Waals surface area contributed by atoms with E-state index in [1.54, 1.807) is 12.5 Å². The first-order chi connectivity index (χ1) is 7.20. The quantitative estimate of drug-likeness (QED) is 0.750. The fourth-order valence-corrected chi connectivity index (χ4v) is 1.51. The van der Waals surface area contributed by atoms with Crippen LogP contribution in [-0.4, -0.2) is 19.7 Å². The normalized spacial score (nSPS) is 10.9. The predicted molar refractivity (Wildman–Crippen MR) is 58.4 cm³/mol. The molecular weight excluding hydrogens is 188 g/mol. The highest BCUT2D eigenvalue weighted by Gasteiger charge is 2.12. The molecule has 0 aliphatic carbocycles. The van der Waals surface area contributed by atoms with Crippen molar-refractivity contribution in [2.24, 2.45) is 0 Å². The molecule has 0 saturated heterocycles. The maximum absolute atomic E-state index is 4.34. The lowest BCUT2D eigenvalue weighted by Gasteiger charge is -2.10. The van der Waals surface area contributed by atoms with Crippen LogP contribution in [0.3, 0.4) is 0 Å². The molecule has 2 heterocycles. The highest BCUT2D eigenvalue weighted by molar-refractivity contribution is 5.54. The van der Waals surface area contributed by atoms with Crippen molar-refractivity contribution < 1.29 is 0 Å². The fourth-order valence-electron chi connectivity index (χ4n) is 1.51. The van der Waals surface area contributed by atoms with Gasteiger partial charge in [0.15, 0.2) is 5.82 Å². The van der Waals surface area contributed by atoms with Gasteiger partial charge >= 0.3 is 0 Å². The number of aryl methyl sites for hydroxylation is 1. The van der Waals surface area contributed by atoms with Gasteiger partial charge in [-0.15, -0.1) is 10.2 Å². The molecule has 0 fully saturated rings. The second-order valence-electron chi connectivity index (χ2n) is 3.82. The zero-order chi connectivity index (χ0) is 10.8. The molecule has 0 atom stereocenters. The third-order valence-electron chi connectivity index (χ3n) is 2.35. The zero-order valence-corrected chi connectivity index (χ0v) is 9.18. The topological polar surface area (TPSA) is 43.6 Å². The van der Waals surface area contributed by atoms with Crippen molar-refractivity contribution in [2.75, 3.05) is 0 Å². The number of rotatable bonds is 2. The number of hydrogen-bond acceptors (Lipinski definition) is 3. The Morgan fingerprint density at radius 1 is 1.33 bits per heavy atom. The van der Waals surface area contributed by atoms with E-state index in [4.69, 9.17) is 0 Å². The number of aromatic nitrogens is 4. The lowest BCUT2D eigenvalue weighted by Crippen LogP contribution is -2.03. The molecule has 0 unspecified atom stereocenters. The standard InChI is InChI=1S/C11H14N4/c1-8(2)15-7-13-14-11(15)10-9(3)5-4-6-12-10/h4-8H,1-3H3. The van der Waals surface area contributed by atoms with Crippen LogP contribution in [0, 0.1) is 6.92 Å². The first-order valence-electron chi connectivity index (χ1n) is 5.01. The molecule has 2 rings (SSSR count). The first kappa shape index (κ1) is 9.83. The van der Waals surface area contributed by atoms with E-state index in [2.05, 4.69) is 29.0 Å². The predicted octanol–water partition coefficient (Wildman–Crippen LogP) is 2.23. The molecule has 0 aliphatic heterocycles. The van der Waals surface area contributed by atoms with Gasteiger partial charge in [-0.3, -0.25) is 4.98 Å². The second-order valence-corrected chi connectivity index (χ2v) is 3.82. The number of nitrogens with zero attached hydrogens (tertiary/aromatic N) is 4. The maximum Gasteiger partial charge on any atom is 0.182 e. The van der Waals surface area contributed by atoms with Crippen molar-refractivity contribution in [3.05, 3.63) is 30.2 Å². The van der Waals surface area contributed by atoms with Crippen LogP contribution in [0.4, 0.5) is 0 Å². The molecule has 4 heteroatoms. The van der Waals surface area contributed by atoms with Gasteiger partial charge in [0.2, 0.25) is 0 Å². The molecule has 2 aromatic rings. The Kier molecular flexibility index (Phi) is 2.49. The van der Waals surface area contributed by atoms with Crippen molar-refractivity contribution in [3.8, 4) is 11.5 Å². The average molecular weight is 202 g/mol. The Balaban J connectivity index is 2.55. The molecule has 0 amide bonds. The molecule has 0 N–H and O–H groups in total. The Morgan fingerprint density at radius 2 is 2.13 bits per heavy atom. The molecule has 2 aromatic heterocycles. The van der Waals surface area contributed by atoms with Crippen LogP contribution >= 0.6 is 0 Å². The average Bonchev–Trinajstić information content (AvgIpc) is 2.67. The summed E-state index contributed by atoms with van der Waals surface area (Å²) in [6.45, 7) is 6.23. The summed E-state index contributed by atoms with van der Waals surface area (Å²) in [5.74, 6) is 0.836. The molecule has 0 bridgehead atoms. The van der Waals surface area contributed by atoms with Gasteiger partial charge in [0.25, 0.3) is 0 Å². The van der Waals surface area contributed by atoms with E-state index in [1.165, 1.54) is 0 Å². The summed E-state index contributed by atoms with van der Waals surface area (Å²) in [5.41, 5.74) is 2.02. The van der Waals surface area contributed by atoms with Crippen LogP contribution in [-0.2, 0) is 0 Å². The van der Waals surface area contributed by atoms with Crippen molar-refractivity contribution in [3.63, 3.8) is 0 Å². The minimum Gasteiger partial charge on any atom is -0.310 e. The fraction of sp³-hybridized carbons (Fsp3) is 0.364. The largest absolute Gasteiger partial charge is 0.310 e. The molecular formula is C11H14N4. The molecule has 15 heavy (non-hydrogen) atoms. The van der Waals surface area contributed by atoms with Gasteiger partial charge in [0.05, 0.1) is 0 Å². The molecule has 78 valence electrons. The van der Waals surface area contributed by atoms with Crippen LogP contribution in [0.15, 0.2) is 24.7 Å². The molecule has 0 aliphatic rings. The highest BCUT2D eigenvalue weighted by atomic mass is 15.3. The molecule has 0 saturated carbocycles. The summed E-state index contributed by atoms with van der Waals surface area (Å²) in [5, 5.41) is 8.05. The van der Waals surface area contributed by atoms with E-state index < -0.39 is 0 Å². The van der Waals surface area contributed by atoms with Crippen LogP contribution in [0.1, 0.15) is 25.5 Å². The summed E-state index contributed by atoms with van der Waals surface area (Å²) in [7, 11) is 0. The van der Waals surface area contributed by atoms with Crippen molar-refractivity contribution in [2.45, 2.75) is 26.8 Å². The lowest BCUT2D eigenvalue weighted by atomic mass is 10.2. The SMILES string of the molecule is Cc1cccnc1-c1nncn1C(C)C. The summed E-state index contributed by atoms with van der Waals surface area (Å²) in [6, 6.07) is 4.30. The Hall–Kier alpha value is -1.71. The van der Waals surface area contributed by atoms with E-state index in [-0.39, 0.29) is 0 Å². The molecule has 4 nitrogen and oxygen atoms in total. The van der Waals surface area contributed by atoms with Crippen LogP contribution in [0.2, 0.25) is 0 Å². The third-order valence-corrected chi connectivity index (χ3v) is 2.35. The minimum atomic E-state index is 0.344. The van der Waals surface area contributed by atoms with E-state index in [1.807, 2.05) is 23.6 Å². The zero-order valence-electron chi connectivity index (χ0n) is 9.18. The van der Waals surface area contributed by atoms with E-state index in [9.17, 15) is 0 Å². The second kappa shape index (κ2) is 3.81. The van der Waals surface area contributed by atoms with E-state index in [0.29, 0.717) is 6.04 Å². The summed E-state index contributed by atoms with van der Waals surface area (Å²) in [4.78, 5) is 4.34. The van der Waals surface area contributed by atoms with Gasteiger partial charge in [-0.05, 0) is 32.4 Å². The van der Waals surface area contributed by atoms with Gasteiger partial charge < -0.3 is 4.57 Å². The van der Waals surface area contributed by atoms with Gasteiger partial charge in [0.1, 0.15) is 12.0 Å². The monoisotopic (exact) mass is 202 g/mol. The van der Waals surface area contributed by atoms with Gasteiger partial charge in [-0.25, -0.2) is 0 Å². The lowest BCUT2D eigenvalue weighted by molar-refractivity contribution is 0.603. The van der Waals surface area contributed by atoms with Crippen molar-refractivity contribution in [1.82, 2.24) is 19.7 Å². The number of hydrogen-bond donors (Lipinski definition) is 0. The van der Waals surface area contributed by atoms with Crippen LogP contribution < -0.4 is 0 Å². The molecule has 0 aromatic carbocycles.